The van der Waals surface area contributed by atoms with Crippen molar-refractivity contribution in [1.82, 2.24) is 0 Å². The Labute approximate surface area is 89.9 Å². The van der Waals surface area contributed by atoms with E-state index in [0.717, 1.165) is 0 Å². The summed E-state index contributed by atoms with van der Waals surface area (Å²) >= 11 is 0. The number of hydrogen-bond acceptors (Lipinski definition) is 3. The van der Waals surface area contributed by atoms with E-state index in [1.165, 1.54) is 11.1 Å². The lowest BCUT2D eigenvalue weighted by Crippen LogP contribution is -2.60. The van der Waals surface area contributed by atoms with Crippen LogP contribution in [0.1, 0.15) is 11.1 Å². The molecule has 3 N–H and O–H groups in total. The molecule has 15 heavy (non-hydrogen) atoms. The number of aryl methyl sites for hydroxylation is 1. The molecule has 1 heterocycles. The molecule has 1 aromatic rings. The fraction of sp³-hybridized carbons (Fsp3) is 0.500. The van der Waals surface area contributed by atoms with Gasteiger partial charge in [-0.3, -0.25) is 0 Å². The van der Waals surface area contributed by atoms with Gasteiger partial charge in [-0.05, 0) is 12.5 Å². The number of hydrogen-bond donors (Lipinski definition) is 2. The molecule has 0 radical (unpaired) electrons. The molecule has 2 rings (SSSR count). The van der Waals surface area contributed by atoms with Gasteiger partial charge in [0.2, 0.25) is 0 Å². The van der Waals surface area contributed by atoms with Crippen molar-refractivity contribution >= 4 is 0 Å². The summed E-state index contributed by atoms with van der Waals surface area (Å²) < 4.78 is 5.26. The molecule has 1 aliphatic rings. The van der Waals surface area contributed by atoms with Crippen LogP contribution in [0.5, 0.6) is 0 Å². The van der Waals surface area contributed by atoms with Gasteiger partial charge in [-0.15, -0.1) is 0 Å². The van der Waals surface area contributed by atoms with Crippen molar-refractivity contribution in [1.29, 1.82) is 0 Å². The molecule has 0 saturated carbocycles. The largest absolute Gasteiger partial charge is 0.395 e. The van der Waals surface area contributed by atoms with Gasteiger partial charge < -0.3 is 15.6 Å². The third kappa shape index (κ3) is 1.67. The van der Waals surface area contributed by atoms with Crippen LogP contribution in [0, 0.1) is 6.92 Å². The number of aliphatic hydroxyl groups is 1. The maximum atomic E-state index is 9.19. The second-order valence-corrected chi connectivity index (χ2v) is 4.31. The highest BCUT2D eigenvalue weighted by atomic mass is 16.5. The SMILES string of the molecule is Cc1cccc(C2(C(N)CO)COC2)c1. The minimum Gasteiger partial charge on any atom is -0.395 e. The first-order valence-electron chi connectivity index (χ1n) is 5.20. The zero-order valence-electron chi connectivity index (χ0n) is 8.94. The Morgan fingerprint density at radius 1 is 1.53 bits per heavy atom. The van der Waals surface area contributed by atoms with Crippen molar-refractivity contribution in [2.75, 3.05) is 19.8 Å². The fourth-order valence-electron chi connectivity index (χ4n) is 2.05. The molecule has 1 unspecified atom stereocenters. The van der Waals surface area contributed by atoms with Gasteiger partial charge in [-0.1, -0.05) is 29.8 Å². The molecule has 1 saturated heterocycles. The van der Waals surface area contributed by atoms with Crippen molar-refractivity contribution < 1.29 is 9.84 Å². The second kappa shape index (κ2) is 3.93. The molecule has 3 heteroatoms. The minimum atomic E-state index is -0.243. The topological polar surface area (TPSA) is 55.5 Å². The van der Waals surface area contributed by atoms with E-state index in [0.29, 0.717) is 13.2 Å². The quantitative estimate of drug-likeness (QED) is 0.762. The Balaban J connectivity index is 2.34. The van der Waals surface area contributed by atoms with Crippen LogP contribution in [0.15, 0.2) is 24.3 Å². The summed E-state index contributed by atoms with van der Waals surface area (Å²) in [7, 11) is 0. The van der Waals surface area contributed by atoms with Crippen LogP contribution in [0.3, 0.4) is 0 Å². The van der Waals surface area contributed by atoms with Gasteiger partial charge in [0.1, 0.15) is 0 Å². The zero-order valence-corrected chi connectivity index (χ0v) is 8.94. The van der Waals surface area contributed by atoms with E-state index in [1.54, 1.807) is 0 Å². The molecular weight excluding hydrogens is 190 g/mol. The molecule has 0 aliphatic carbocycles. The molecule has 0 amide bonds. The maximum absolute atomic E-state index is 9.19. The van der Waals surface area contributed by atoms with E-state index in [-0.39, 0.29) is 18.1 Å². The standard InChI is InChI=1S/C12H17NO2/c1-9-3-2-4-10(5-9)12(7-15-8-12)11(13)6-14/h2-5,11,14H,6-8,13H2,1H3. The first kappa shape index (κ1) is 10.6. The Hall–Kier alpha value is -0.900. The third-order valence-electron chi connectivity index (χ3n) is 3.22. The predicted molar refractivity (Wildman–Crippen MR) is 58.7 cm³/mol. The zero-order chi connectivity index (χ0) is 10.9. The van der Waals surface area contributed by atoms with Crippen molar-refractivity contribution in [3.05, 3.63) is 35.4 Å². The summed E-state index contributed by atoms with van der Waals surface area (Å²) in [6.45, 7) is 3.27. The van der Waals surface area contributed by atoms with E-state index in [4.69, 9.17) is 10.5 Å². The van der Waals surface area contributed by atoms with Gasteiger partial charge in [0.15, 0.2) is 0 Å². The Morgan fingerprint density at radius 2 is 2.27 bits per heavy atom. The summed E-state index contributed by atoms with van der Waals surface area (Å²) in [6, 6.07) is 8.02. The predicted octanol–water partition coefficient (Wildman–Crippen LogP) is 0.583. The molecule has 0 aromatic heterocycles. The van der Waals surface area contributed by atoms with Gasteiger partial charge in [0, 0.05) is 6.04 Å². The smallest absolute Gasteiger partial charge is 0.0601 e. The van der Waals surface area contributed by atoms with Crippen LogP contribution in [0.4, 0.5) is 0 Å². The van der Waals surface area contributed by atoms with Gasteiger partial charge in [-0.2, -0.15) is 0 Å². The maximum Gasteiger partial charge on any atom is 0.0601 e. The lowest BCUT2D eigenvalue weighted by Gasteiger charge is -2.45. The molecule has 0 bridgehead atoms. The lowest BCUT2D eigenvalue weighted by atomic mass is 9.72. The van der Waals surface area contributed by atoms with Crippen LogP contribution in [0.2, 0.25) is 0 Å². The van der Waals surface area contributed by atoms with E-state index in [2.05, 4.69) is 25.1 Å². The highest BCUT2D eigenvalue weighted by Gasteiger charge is 2.45. The van der Waals surface area contributed by atoms with Gasteiger partial charge in [0.05, 0.1) is 25.2 Å². The number of aliphatic hydroxyl groups excluding tert-OH is 1. The second-order valence-electron chi connectivity index (χ2n) is 4.31. The Morgan fingerprint density at radius 3 is 2.73 bits per heavy atom. The lowest BCUT2D eigenvalue weighted by molar-refractivity contribution is -0.0798. The minimum absolute atomic E-state index is 0.00268. The number of rotatable bonds is 3. The highest BCUT2D eigenvalue weighted by molar-refractivity contribution is 5.33. The van der Waals surface area contributed by atoms with Crippen LogP contribution in [0.25, 0.3) is 0 Å². The monoisotopic (exact) mass is 207 g/mol. The number of benzene rings is 1. The Kier molecular flexibility index (Phi) is 2.78. The fourth-order valence-corrected chi connectivity index (χ4v) is 2.05. The molecule has 1 fully saturated rings. The molecule has 1 aliphatic heterocycles. The van der Waals surface area contributed by atoms with Crippen molar-refractivity contribution in [3.8, 4) is 0 Å². The van der Waals surface area contributed by atoms with Crippen LogP contribution >= 0.6 is 0 Å². The van der Waals surface area contributed by atoms with E-state index < -0.39 is 0 Å². The van der Waals surface area contributed by atoms with E-state index in [1.807, 2.05) is 6.07 Å². The highest BCUT2D eigenvalue weighted by Crippen LogP contribution is 2.35. The number of ether oxygens (including phenoxy) is 1. The molecule has 3 nitrogen and oxygen atoms in total. The molecule has 1 aromatic carbocycles. The van der Waals surface area contributed by atoms with Gasteiger partial charge in [-0.25, -0.2) is 0 Å². The first-order chi connectivity index (χ1) is 7.19. The average Bonchev–Trinajstić information content (AvgIpc) is 2.16. The molecular formula is C12H17NO2. The normalized spacial score (nSPS) is 20.7. The third-order valence-corrected chi connectivity index (χ3v) is 3.22. The summed E-state index contributed by atoms with van der Waals surface area (Å²) in [5, 5.41) is 9.19. The van der Waals surface area contributed by atoms with Gasteiger partial charge in [0.25, 0.3) is 0 Å². The van der Waals surface area contributed by atoms with Crippen molar-refractivity contribution in [2.24, 2.45) is 5.73 Å². The average molecular weight is 207 g/mol. The van der Waals surface area contributed by atoms with Crippen LogP contribution < -0.4 is 5.73 Å². The van der Waals surface area contributed by atoms with E-state index in [9.17, 15) is 5.11 Å². The van der Waals surface area contributed by atoms with E-state index >= 15 is 0 Å². The molecule has 1 atom stereocenters. The molecule has 0 spiro atoms. The summed E-state index contributed by atoms with van der Waals surface area (Å²) in [6.07, 6.45) is 0. The van der Waals surface area contributed by atoms with Gasteiger partial charge >= 0.3 is 0 Å². The van der Waals surface area contributed by atoms with Crippen molar-refractivity contribution in [2.45, 2.75) is 18.4 Å². The summed E-state index contributed by atoms with van der Waals surface area (Å²) in [5.74, 6) is 0. The van der Waals surface area contributed by atoms with Crippen molar-refractivity contribution in [3.63, 3.8) is 0 Å². The Bertz CT molecular complexity index is 347. The van der Waals surface area contributed by atoms with Crippen LogP contribution in [-0.4, -0.2) is 31.0 Å². The number of nitrogens with two attached hydrogens (primary N) is 1. The first-order valence-corrected chi connectivity index (χ1v) is 5.20. The molecule has 82 valence electrons. The summed E-state index contributed by atoms with van der Waals surface area (Å²) in [4.78, 5) is 0. The summed E-state index contributed by atoms with van der Waals surface area (Å²) in [5.41, 5.74) is 8.17. The van der Waals surface area contributed by atoms with Crippen LogP contribution in [-0.2, 0) is 10.2 Å².